The Morgan fingerprint density at radius 1 is 1.58 bits per heavy atom. The van der Waals surface area contributed by atoms with Crippen molar-refractivity contribution < 1.29 is 19.3 Å². The quantitative estimate of drug-likeness (QED) is 0.670. The molecular formula is C11H12FN3O4. The van der Waals surface area contributed by atoms with E-state index in [1.165, 1.54) is 6.20 Å². The third-order valence-electron chi connectivity index (χ3n) is 3.21. The number of hydrogen-bond donors (Lipinski definition) is 3. The van der Waals surface area contributed by atoms with Crippen LogP contribution in [0.25, 0.3) is 11.0 Å². The lowest BCUT2D eigenvalue weighted by Gasteiger charge is -2.15. The van der Waals surface area contributed by atoms with Crippen molar-refractivity contribution in [2.75, 3.05) is 6.61 Å². The molecule has 3 rings (SSSR count). The summed E-state index contributed by atoms with van der Waals surface area (Å²) >= 11 is 0. The van der Waals surface area contributed by atoms with Gasteiger partial charge in [-0.3, -0.25) is 4.57 Å². The van der Waals surface area contributed by atoms with Gasteiger partial charge in [-0.15, -0.1) is 0 Å². The molecule has 4 atom stereocenters. The third-order valence-corrected chi connectivity index (χ3v) is 3.21. The van der Waals surface area contributed by atoms with E-state index in [1.807, 2.05) is 0 Å². The van der Waals surface area contributed by atoms with Crippen molar-refractivity contribution in [3.8, 4) is 0 Å². The van der Waals surface area contributed by atoms with E-state index in [-0.39, 0.29) is 0 Å². The number of ether oxygens (including phenoxy) is 1. The zero-order valence-corrected chi connectivity index (χ0v) is 9.73. The predicted molar refractivity (Wildman–Crippen MR) is 62.3 cm³/mol. The van der Waals surface area contributed by atoms with Gasteiger partial charge in [0.05, 0.1) is 6.61 Å². The molecule has 0 saturated carbocycles. The molecule has 7 nitrogen and oxygen atoms in total. The number of halogens is 1. The van der Waals surface area contributed by atoms with Crippen molar-refractivity contribution in [1.29, 1.82) is 0 Å². The minimum Gasteiger partial charge on any atom is -0.394 e. The molecule has 1 saturated heterocycles. The number of aliphatic hydroxyl groups excluding tert-OH is 2. The number of alkyl halides is 1. The van der Waals surface area contributed by atoms with Crippen LogP contribution in [0.3, 0.4) is 0 Å². The second kappa shape index (κ2) is 4.41. The number of aliphatic hydroxyl groups is 2. The molecule has 2 aromatic heterocycles. The first-order chi connectivity index (χ1) is 9.11. The monoisotopic (exact) mass is 269 g/mol. The maximum atomic E-state index is 13.9. The van der Waals surface area contributed by atoms with Crippen LogP contribution in [0.5, 0.6) is 0 Å². The second-order valence-electron chi connectivity index (χ2n) is 4.40. The van der Waals surface area contributed by atoms with Gasteiger partial charge in [0.25, 0.3) is 0 Å². The Kier molecular flexibility index (Phi) is 2.85. The summed E-state index contributed by atoms with van der Waals surface area (Å²) in [6, 6.07) is 1.68. The van der Waals surface area contributed by atoms with Gasteiger partial charge in [0.15, 0.2) is 12.4 Å². The minimum atomic E-state index is -1.80. The van der Waals surface area contributed by atoms with Crippen LogP contribution in [0.4, 0.5) is 4.39 Å². The Morgan fingerprint density at radius 2 is 2.37 bits per heavy atom. The summed E-state index contributed by atoms with van der Waals surface area (Å²) in [6.07, 6.45) is -2.59. The Morgan fingerprint density at radius 3 is 3.05 bits per heavy atom. The topological polar surface area (TPSA) is 100 Å². The molecule has 0 amide bonds. The standard InChI is InChI=1S/C11H12FN3O4/c12-7-8(17)6(4-16)19-10(7)15-3-5-1-2-13-9(5)14-11(15)18/h1-3,6-8,10,16-17H,4H2,(H,13,14,18). The van der Waals surface area contributed by atoms with Crippen molar-refractivity contribution in [2.45, 2.75) is 24.6 Å². The second-order valence-corrected chi connectivity index (χ2v) is 4.40. The van der Waals surface area contributed by atoms with Crippen molar-refractivity contribution >= 4 is 11.0 Å². The number of nitrogens with one attached hydrogen (secondary N) is 1. The molecule has 1 fully saturated rings. The van der Waals surface area contributed by atoms with E-state index in [0.29, 0.717) is 11.0 Å². The van der Waals surface area contributed by atoms with E-state index in [4.69, 9.17) is 9.84 Å². The van der Waals surface area contributed by atoms with Gasteiger partial charge in [0.2, 0.25) is 0 Å². The molecule has 1 aliphatic heterocycles. The van der Waals surface area contributed by atoms with E-state index in [9.17, 15) is 14.3 Å². The highest BCUT2D eigenvalue weighted by Crippen LogP contribution is 2.31. The first kappa shape index (κ1) is 12.3. The summed E-state index contributed by atoms with van der Waals surface area (Å²) in [5, 5.41) is 19.1. The van der Waals surface area contributed by atoms with E-state index < -0.39 is 36.9 Å². The molecule has 0 aliphatic carbocycles. The third kappa shape index (κ3) is 1.84. The number of nitrogens with zero attached hydrogens (tertiary/aromatic N) is 2. The number of H-pyrrole nitrogens is 1. The van der Waals surface area contributed by atoms with Gasteiger partial charge in [-0.2, -0.15) is 4.98 Å². The molecule has 4 unspecified atom stereocenters. The average molecular weight is 269 g/mol. The van der Waals surface area contributed by atoms with E-state index in [2.05, 4.69) is 9.97 Å². The molecule has 0 spiro atoms. The van der Waals surface area contributed by atoms with Crippen LogP contribution < -0.4 is 5.69 Å². The van der Waals surface area contributed by atoms with Crippen LogP contribution in [0, 0.1) is 0 Å². The lowest BCUT2D eigenvalue weighted by Crippen LogP contribution is -2.33. The molecule has 3 N–H and O–H groups in total. The number of rotatable bonds is 2. The summed E-state index contributed by atoms with van der Waals surface area (Å²) in [5.41, 5.74) is -0.290. The summed E-state index contributed by atoms with van der Waals surface area (Å²) in [6.45, 7) is -0.521. The van der Waals surface area contributed by atoms with E-state index in [1.54, 1.807) is 12.3 Å². The Balaban J connectivity index is 2.04. The highest BCUT2D eigenvalue weighted by atomic mass is 19.1. The van der Waals surface area contributed by atoms with Crippen LogP contribution in [0.1, 0.15) is 6.23 Å². The first-order valence-corrected chi connectivity index (χ1v) is 5.76. The highest BCUT2D eigenvalue weighted by Gasteiger charge is 2.45. The fourth-order valence-electron chi connectivity index (χ4n) is 2.19. The van der Waals surface area contributed by atoms with Crippen LogP contribution in [0.15, 0.2) is 23.3 Å². The van der Waals surface area contributed by atoms with Gasteiger partial charge in [-0.1, -0.05) is 0 Å². The maximum absolute atomic E-state index is 13.9. The van der Waals surface area contributed by atoms with Crippen molar-refractivity contribution in [1.82, 2.24) is 14.5 Å². The molecule has 2 aromatic rings. The maximum Gasteiger partial charge on any atom is 0.351 e. The molecule has 0 bridgehead atoms. The summed E-state index contributed by atoms with van der Waals surface area (Å²) in [7, 11) is 0. The molecule has 8 heteroatoms. The fourth-order valence-corrected chi connectivity index (χ4v) is 2.19. The number of fused-ring (bicyclic) bond motifs is 1. The molecule has 102 valence electrons. The molecule has 0 radical (unpaired) electrons. The van der Waals surface area contributed by atoms with Gasteiger partial charge in [-0.05, 0) is 6.07 Å². The minimum absolute atomic E-state index is 0.397. The van der Waals surface area contributed by atoms with Crippen LogP contribution in [-0.4, -0.2) is 49.7 Å². The Bertz CT molecular complexity index is 655. The van der Waals surface area contributed by atoms with Crippen LogP contribution >= 0.6 is 0 Å². The number of aromatic nitrogens is 3. The lowest BCUT2D eigenvalue weighted by atomic mass is 10.1. The van der Waals surface area contributed by atoms with Gasteiger partial charge in [-0.25, -0.2) is 9.18 Å². The SMILES string of the molecule is O=c1nc2[nH]ccc2cn1C1OC(CO)C(O)C1F. The fraction of sp³-hybridized carbons (Fsp3) is 0.455. The van der Waals surface area contributed by atoms with Crippen LogP contribution in [-0.2, 0) is 4.74 Å². The van der Waals surface area contributed by atoms with E-state index in [0.717, 1.165) is 4.57 Å². The summed E-state index contributed by atoms with van der Waals surface area (Å²) < 4.78 is 20.1. The molecular weight excluding hydrogens is 257 g/mol. The zero-order chi connectivity index (χ0) is 13.6. The number of hydrogen-bond acceptors (Lipinski definition) is 5. The van der Waals surface area contributed by atoms with Gasteiger partial charge in [0.1, 0.15) is 17.9 Å². The van der Waals surface area contributed by atoms with Gasteiger partial charge in [0, 0.05) is 17.8 Å². The Hall–Kier alpha value is -1.77. The largest absolute Gasteiger partial charge is 0.394 e. The highest BCUT2D eigenvalue weighted by molar-refractivity contribution is 5.73. The summed E-state index contributed by atoms with van der Waals surface area (Å²) in [5.74, 6) is 0. The van der Waals surface area contributed by atoms with E-state index >= 15 is 0 Å². The molecule has 0 aromatic carbocycles. The Labute approximate surface area is 106 Å². The molecule has 19 heavy (non-hydrogen) atoms. The normalized spacial score (nSPS) is 31.1. The summed E-state index contributed by atoms with van der Waals surface area (Å²) in [4.78, 5) is 18.3. The van der Waals surface area contributed by atoms with Gasteiger partial charge < -0.3 is 19.9 Å². The average Bonchev–Trinajstić information content (AvgIpc) is 2.95. The van der Waals surface area contributed by atoms with Gasteiger partial charge >= 0.3 is 5.69 Å². The van der Waals surface area contributed by atoms with Crippen LogP contribution in [0.2, 0.25) is 0 Å². The van der Waals surface area contributed by atoms with Crippen molar-refractivity contribution in [2.24, 2.45) is 0 Å². The number of aromatic amines is 1. The zero-order valence-electron chi connectivity index (χ0n) is 9.73. The first-order valence-electron chi connectivity index (χ1n) is 5.76. The molecule has 1 aliphatic rings. The molecule has 3 heterocycles. The smallest absolute Gasteiger partial charge is 0.351 e. The predicted octanol–water partition coefficient (Wildman–Crippen LogP) is -0.687. The van der Waals surface area contributed by atoms with Crippen molar-refractivity contribution in [3.05, 3.63) is 28.9 Å². The lowest BCUT2D eigenvalue weighted by molar-refractivity contribution is -0.0489. The van der Waals surface area contributed by atoms with Crippen molar-refractivity contribution in [3.63, 3.8) is 0 Å².